The van der Waals surface area contributed by atoms with E-state index < -0.39 is 0 Å². The van der Waals surface area contributed by atoms with E-state index >= 15 is 0 Å². The van der Waals surface area contributed by atoms with Gasteiger partial charge in [-0.2, -0.15) is 0 Å². The molecule has 0 aromatic carbocycles. The van der Waals surface area contributed by atoms with Gasteiger partial charge in [-0.1, -0.05) is 0 Å². The largest absolute Gasteiger partial charge is 0.304 e. The van der Waals surface area contributed by atoms with Crippen molar-refractivity contribution in [3.05, 3.63) is 6.67 Å². The highest BCUT2D eigenvalue weighted by Crippen LogP contribution is 2.18. The fourth-order valence-electron chi connectivity index (χ4n) is 0.871. The molecule has 56 valence electrons. The first-order valence-corrected chi connectivity index (χ1v) is 4.36. The van der Waals surface area contributed by atoms with Crippen LogP contribution in [0.15, 0.2) is 0 Å². The van der Waals surface area contributed by atoms with Crippen molar-refractivity contribution in [3.8, 4) is 0 Å². The van der Waals surface area contributed by atoms with Gasteiger partial charge in [-0.25, -0.2) is 0 Å². The highest BCUT2D eigenvalue weighted by atomic mass is 31.1. The van der Waals surface area contributed by atoms with Crippen molar-refractivity contribution >= 4 is 19.5 Å². The Bertz CT molecular complexity index is 172. The monoisotopic (exact) mass is 157 g/mol. The van der Waals surface area contributed by atoms with Gasteiger partial charge in [-0.3, -0.25) is 9.15 Å². The first kappa shape index (κ1) is 7.74. The number of nitrogens with zero attached hydrogens (tertiary/aromatic N) is 2. The summed E-state index contributed by atoms with van der Waals surface area (Å²) >= 11 is 0. The van der Waals surface area contributed by atoms with Crippen LogP contribution >= 0.6 is 8.58 Å². The zero-order valence-corrected chi connectivity index (χ0v) is 7.97. The highest BCUT2D eigenvalue weighted by Gasteiger charge is 2.12. The van der Waals surface area contributed by atoms with Gasteiger partial charge < -0.3 is 0 Å². The van der Waals surface area contributed by atoms with Crippen LogP contribution in [0.25, 0.3) is 0 Å². The Morgan fingerprint density at radius 3 is 1.80 bits per heavy atom. The van der Waals surface area contributed by atoms with E-state index in [1.54, 1.807) is 0 Å². The van der Waals surface area contributed by atoms with E-state index in [1.165, 1.54) is 10.9 Å². The van der Waals surface area contributed by atoms with Crippen molar-refractivity contribution in [1.82, 2.24) is 0 Å². The molecule has 10 heavy (non-hydrogen) atoms. The average Bonchev–Trinajstić information content (AvgIpc) is 1.84. The van der Waals surface area contributed by atoms with Gasteiger partial charge in [0.2, 0.25) is 0 Å². The molecule has 2 nitrogen and oxygen atoms in total. The first-order valence-electron chi connectivity index (χ1n) is 3.36. The standard InChI is InChI=1S/C7H14N2P/c1-6-8(3)5-9(4)7(2)10-6/h5,10H,1-4H3/q+1. The second-order valence-electron chi connectivity index (χ2n) is 2.63. The molecule has 1 aliphatic rings. The predicted molar refractivity (Wildman–Crippen MR) is 46.3 cm³/mol. The van der Waals surface area contributed by atoms with Crippen LogP contribution in [-0.4, -0.2) is 34.2 Å². The Labute approximate surface area is 64.0 Å². The zero-order valence-electron chi connectivity index (χ0n) is 6.97. The summed E-state index contributed by atoms with van der Waals surface area (Å²) in [5.41, 5.74) is 2.88. The van der Waals surface area contributed by atoms with E-state index in [2.05, 4.69) is 43.8 Å². The van der Waals surface area contributed by atoms with E-state index in [0.717, 1.165) is 8.58 Å². The summed E-state index contributed by atoms with van der Waals surface area (Å²) in [5, 5.41) is 0. The van der Waals surface area contributed by atoms with Crippen molar-refractivity contribution in [2.24, 2.45) is 0 Å². The molecule has 0 fully saturated rings. The third-order valence-corrected chi connectivity index (χ3v) is 3.20. The van der Waals surface area contributed by atoms with Crippen LogP contribution in [0, 0.1) is 6.67 Å². The molecule has 0 atom stereocenters. The summed E-state index contributed by atoms with van der Waals surface area (Å²) in [6, 6.07) is 0. The van der Waals surface area contributed by atoms with Crippen LogP contribution in [0.4, 0.5) is 0 Å². The molecule has 0 unspecified atom stereocenters. The molecule has 0 bridgehead atoms. The molecule has 0 aliphatic carbocycles. The number of hydrogen-bond acceptors (Lipinski definition) is 0. The molecule has 0 aromatic rings. The van der Waals surface area contributed by atoms with Crippen LogP contribution < -0.4 is 0 Å². The van der Waals surface area contributed by atoms with E-state index in [-0.39, 0.29) is 0 Å². The molecule has 1 rings (SSSR count). The van der Waals surface area contributed by atoms with Gasteiger partial charge in [0.1, 0.15) is 14.1 Å². The Morgan fingerprint density at radius 1 is 1.10 bits per heavy atom. The fraction of sp³-hybridized carbons (Fsp3) is 0.571. The van der Waals surface area contributed by atoms with Crippen molar-refractivity contribution in [1.29, 1.82) is 0 Å². The van der Waals surface area contributed by atoms with Crippen LogP contribution in [0.1, 0.15) is 13.8 Å². The third kappa shape index (κ3) is 1.38. The molecular weight excluding hydrogens is 143 g/mol. The van der Waals surface area contributed by atoms with Crippen LogP contribution in [0.5, 0.6) is 0 Å². The zero-order chi connectivity index (χ0) is 7.72. The Kier molecular flexibility index (Phi) is 2.10. The van der Waals surface area contributed by atoms with Crippen molar-refractivity contribution < 1.29 is 9.15 Å². The average molecular weight is 157 g/mol. The topological polar surface area (TPSA) is 6.02 Å². The van der Waals surface area contributed by atoms with E-state index in [4.69, 9.17) is 0 Å². The highest BCUT2D eigenvalue weighted by molar-refractivity contribution is 7.73. The minimum Gasteiger partial charge on any atom is -0.256 e. The maximum absolute atomic E-state index is 2.17. The predicted octanol–water partition coefficient (Wildman–Crippen LogP) is 0.919. The van der Waals surface area contributed by atoms with Gasteiger partial charge in [0.25, 0.3) is 0 Å². The minimum atomic E-state index is 0.864. The fourth-order valence-corrected chi connectivity index (χ4v) is 1.86. The first-order chi connectivity index (χ1) is 4.61. The summed E-state index contributed by atoms with van der Waals surface area (Å²) in [7, 11) is 5.04. The van der Waals surface area contributed by atoms with Crippen LogP contribution in [0.3, 0.4) is 0 Å². The summed E-state index contributed by atoms with van der Waals surface area (Å²) < 4.78 is 4.34. The van der Waals surface area contributed by atoms with E-state index in [1.807, 2.05) is 0 Å². The quantitative estimate of drug-likeness (QED) is 0.280. The summed E-state index contributed by atoms with van der Waals surface area (Å²) in [6.07, 6.45) is 0. The Balaban J connectivity index is 2.81. The molecule has 0 radical (unpaired) electrons. The minimum absolute atomic E-state index is 0.864. The lowest BCUT2D eigenvalue weighted by molar-refractivity contribution is -0.646. The molecule has 0 N–H and O–H groups in total. The lowest BCUT2D eigenvalue weighted by Crippen LogP contribution is -2.24. The van der Waals surface area contributed by atoms with Gasteiger partial charge in [-0.05, 0) is 22.4 Å². The second-order valence-corrected chi connectivity index (χ2v) is 4.33. The maximum Gasteiger partial charge on any atom is 0.304 e. The molecule has 3 heteroatoms. The number of hydrogen-bond donors (Lipinski definition) is 0. The second kappa shape index (κ2) is 2.71. The van der Waals surface area contributed by atoms with Gasteiger partial charge in [0.15, 0.2) is 0 Å². The van der Waals surface area contributed by atoms with E-state index in [0.29, 0.717) is 0 Å². The van der Waals surface area contributed by atoms with Gasteiger partial charge in [0.05, 0.1) is 10.9 Å². The van der Waals surface area contributed by atoms with Gasteiger partial charge in [0, 0.05) is 0 Å². The summed E-state index contributed by atoms with van der Waals surface area (Å²) in [4.78, 5) is 0. The van der Waals surface area contributed by atoms with Crippen LogP contribution in [-0.2, 0) is 0 Å². The van der Waals surface area contributed by atoms with Gasteiger partial charge >= 0.3 is 6.67 Å². The maximum atomic E-state index is 2.17. The lowest BCUT2D eigenvalue weighted by Gasteiger charge is -2.14. The van der Waals surface area contributed by atoms with E-state index in [9.17, 15) is 0 Å². The summed E-state index contributed by atoms with van der Waals surface area (Å²) in [6.45, 7) is 6.46. The summed E-state index contributed by atoms with van der Waals surface area (Å²) in [5.74, 6) is 0. The van der Waals surface area contributed by atoms with Crippen molar-refractivity contribution in [2.75, 3.05) is 14.1 Å². The normalized spacial score (nSPS) is 19.6. The number of rotatable bonds is 0. The van der Waals surface area contributed by atoms with Crippen LogP contribution in [0.2, 0.25) is 0 Å². The molecule has 0 saturated heterocycles. The Hall–Kier alpha value is -0.360. The lowest BCUT2D eigenvalue weighted by atomic mass is 10.7. The van der Waals surface area contributed by atoms with Crippen molar-refractivity contribution in [2.45, 2.75) is 13.8 Å². The Morgan fingerprint density at radius 2 is 1.50 bits per heavy atom. The molecule has 0 aromatic heterocycles. The SMILES string of the molecule is CC1=[N+](C)[CH-][N+](C)=C(C)P1. The molecule has 0 amide bonds. The smallest absolute Gasteiger partial charge is 0.256 e. The molecular formula is C7H14N2P+. The third-order valence-electron chi connectivity index (χ3n) is 1.77. The molecule has 0 saturated carbocycles. The van der Waals surface area contributed by atoms with Gasteiger partial charge in [-0.15, -0.1) is 0 Å². The molecule has 1 heterocycles. The molecule has 0 spiro atoms. The molecule has 1 aliphatic heterocycles. The van der Waals surface area contributed by atoms with Crippen molar-refractivity contribution in [3.63, 3.8) is 0 Å².